The molecular weight excluding hydrogens is 460 g/mol. The summed E-state index contributed by atoms with van der Waals surface area (Å²) in [5, 5.41) is 11.1. The first-order valence-electron chi connectivity index (χ1n) is 12.4. The van der Waals surface area contributed by atoms with E-state index in [1.807, 2.05) is 30.3 Å². The molecule has 4 rings (SSSR count). The molecule has 1 aliphatic rings. The molecule has 1 heterocycles. The third-order valence-corrected chi connectivity index (χ3v) is 8.79. The van der Waals surface area contributed by atoms with Crippen molar-refractivity contribution in [2.24, 2.45) is 0 Å². The van der Waals surface area contributed by atoms with Crippen LogP contribution >= 0.6 is 0 Å². The zero-order chi connectivity index (χ0) is 25.2. The molecule has 0 atom stereocenters. The number of unbranched alkanes of at least 4 members (excludes halogenated alkanes) is 4. The number of carboxylic acid groups (broad SMARTS) is 1. The number of carboxylic acids is 1. The highest BCUT2D eigenvalue weighted by molar-refractivity contribution is 7.91. The van der Waals surface area contributed by atoms with Crippen LogP contribution < -0.4 is 4.74 Å². The summed E-state index contributed by atoms with van der Waals surface area (Å²) >= 11 is 0. The summed E-state index contributed by atoms with van der Waals surface area (Å²) in [7, 11) is -3.36. The molecule has 1 N–H and O–H groups in total. The Kier molecular flexibility index (Phi) is 7.22. The van der Waals surface area contributed by atoms with Gasteiger partial charge in [0.05, 0.1) is 22.8 Å². The van der Waals surface area contributed by atoms with Crippen LogP contribution in [0.1, 0.15) is 75.2 Å². The maximum absolute atomic E-state index is 13.0. The first-order valence-corrected chi connectivity index (χ1v) is 14.1. The molecule has 5 nitrogen and oxygen atoms in total. The fourth-order valence-electron chi connectivity index (χ4n) is 4.76. The normalized spacial score (nSPS) is 16.1. The summed E-state index contributed by atoms with van der Waals surface area (Å²) in [5.74, 6) is -0.226. The van der Waals surface area contributed by atoms with Crippen molar-refractivity contribution in [3.05, 3.63) is 59.7 Å². The number of ether oxygens (including phenoxy) is 1. The molecule has 6 heteroatoms. The van der Waals surface area contributed by atoms with Gasteiger partial charge in [-0.1, -0.05) is 64.7 Å². The van der Waals surface area contributed by atoms with Crippen molar-refractivity contribution in [2.45, 2.75) is 69.6 Å². The molecule has 3 aromatic carbocycles. The van der Waals surface area contributed by atoms with Gasteiger partial charge < -0.3 is 9.84 Å². The second-order valence-corrected chi connectivity index (χ2v) is 12.2. The van der Waals surface area contributed by atoms with Crippen LogP contribution in [0.15, 0.2) is 53.4 Å². The van der Waals surface area contributed by atoms with Gasteiger partial charge in [-0.15, -0.1) is 0 Å². The lowest BCUT2D eigenvalue weighted by molar-refractivity contribution is 0.0697. The van der Waals surface area contributed by atoms with Gasteiger partial charge in [0, 0.05) is 5.56 Å². The molecule has 0 aliphatic carbocycles. The molecule has 0 amide bonds. The second kappa shape index (κ2) is 10.0. The molecule has 0 unspecified atom stereocenters. The van der Waals surface area contributed by atoms with Gasteiger partial charge in [0.2, 0.25) is 0 Å². The molecule has 35 heavy (non-hydrogen) atoms. The summed E-state index contributed by atoms with van der Waals surface area (Å²) in [6.45, 7) is 6.90. The Morgan fingerprint density at radius 2 is 1.69 bits per heavy atom. The van der Waals surface area contributed by atoms with Gasteiger partial charge >= 0.3 is 5.97 Å². The minimum absolute atomic E-state index is 0.144. The number of aromatic carboxylic acids is 1. The second-order valence-electron chi connectivity index (χ2n) is 10.1. The SMILES string of the molecule is CCCCCCCOc1cc2c(cc1-c1ccc3cc(C(=O)O)ccc3c1)C(C)(C)CCS2(=O)=O. The fraction of sp³-hybridized carbons (Fsp3) is 0.414. The first kappa shape index (κ1) is 25.2. The van der Waals surface area contributed by atoms with E-state index in [0.717, 1.165) is 40.3 Å². The number of hydrogen-bond donors (Lipinski definition) is 1. The summed E-state index contributed by atoms with van der Waals surface area (Å²) in [6.07, 6.45) is 6.14. The molecular formula is C29H34O5S. The summed E-state index contributed by atoms with van der Waals surface area (Å²) < 4.78 is 32.2. The van der Waals surface area contributed by atoms with Crippen molar-refractivity contribution in [1.82, 2.24) is 0 Å². The van der Waals surface area contributed by atoms with Gasteiger partial charge in [-0.2, -0.15) is 0 Å². The first-order chi connectivity index (χ1) is 16.6. The number of hydrogen-bond acceptors (Lipinski definition) is 4. The van der Waals surface area contributed by atoms with Crippen LogP contribution in [0.5, 0.6) is 5.75 Å². The maximum Gasteiger partial charge on any atom is 0.335 e. The van der Waals surface area contributed by atoms with Gasteiger partial charge in [0.1, 0.15) is 5.75 Å². The van der Waals surface area contributed by atoms with E-state index < -0.39 is 15.8 Å². The van der Waals surface area contributed by atoms with Gasteiger partial charge in [-0.3, -0.25) is 0 Å². The van der Waals surface area contributed by atoms with Crippen LogP contribution in [0.2, 0.25) is 0 Å². The number of benzene rings is 3. The van der Waals surface area contributed by atoms with Crippen LogP contribution in [0.4, 0.5) is 0 Å². The molecule has 0 bridgehead atoms. The topological polar surface area (TPSA) is 80.7 Å². The standard InChI is InChI=1S/C29H34O5S/c1-4-5-6-7-8-14-34-26-19-27-25(29(2,3)13-15-35(27,32)33)18-24(26)22-11-9-21-17-23(28(30)31)12-10-20(21)16-22/h9-12,16-19H,4-8,13-15H2,1-3H3,(H,30,31). The summed E-state index contributed by atoms with van der Waals surface area (Å²) in [4.78, 5) is 11.7. The molecule has 1 aliphatic heterocycles. The van der Waals surface area contributed by atoms with Gasteiger partial charge in [0.25, 0.3) is 0 Å². The van der Waals surface area contributed by atoms with Crippen molar-refractivity contribution in [3.8, 4) is 16.9 Å². The van der Waals surface area contributed by atoms with Crippen molar-refractivity contribution in [2.75, 3.05) is 12.4 Å². The Labute approximate surface area is 208 Å². The quantitative estimate of drug-likeness (QED) is 0.324. The highest BCUT2D eigenvalue weighted by atomic mass is 32.2. The summed E-state index contributed by atoms with van der Waals surface area (Å²) in [6, 6.07) is 14.7. The molecule has 3 aromatic rings. The number of rotatable bonds is 9. The molecule has 0 radical (unpaired) electrons. The third-order valence-electron chi connectivity index (χ3n) is 7.05. The Balaban J connectivity index is 1.78. The zero-order valence-corrected chi connectivity index (χ0v) is 21.6. The largest absolute Gasteiger partial charge is 0.493 e. The molecule has 0 aromatic heterocycles. The van der Waals surface area contributed by atoms with Crippen LogP contribution in [-0.2, 0) is 15.3 Å². The van der Waals surface area contributed by atoms with Gasteiger partial charge in [-0.25, -0.2) is 13.2 Å². The van der Waals surface area contributed by atoms with Crippen LogP contribution in [-0.4, -0.2) is 31.9 Å². The molecule has 0 fully saturated rings. The van der Waals surface area contributed by atoms with E-state index in [-0.39, 0.29) is 16.7 Å². The van der Waals surface area contributed by atoms with Crippen LogP contribution in [0, 0.1) is 0 Å². The smallest absolute Gasteiger partial charge is 0.335 e. The van der Waals surface area contributed by atoms with Crippen molar-refractivity contribution in [1.29, 1.82) is 0 Å². The maximum atomic E-state index is 13.0. The lowest BCUT2D eigenvalue weighted by atomic mass is 9.80. The Hall–Kier alpha value is -2.86. The Morgan fingerprint density at radius 1 is 0.971 bits per heavy atom. The van der Waals surface area contributed by atoms with Crippen LogP contribution in [0.3, 0.4) is 0 Å². The lowest BCUT2D eigenvalue weighted by Crippen LogP contribution is -2.30. The minimum Gasteiger partial charge on any atom is -0.493 e. The van der Waals surface area contributed by atoms with E-state index >= 15 is 0 Å². The van der Waals surface area contributed by atoms with Crippen LogP contribution in [0.25, 0.3) is 21.9 Å². The lowest BCUT2D eigenvalue weighted by Gasteiger charge is -2.33. The number of carbonyl (C=O) groups is 1. The average molecular weight is 495 g/mol. The van der Waals surface area contributed by atoms with E-state index in [2.05, 4.69) is 20.8 Å². The highest BCUT2D eigenvalue weighted by Gasteiger charge is 2.36. The van der Waals surface area contributed by atoms with Crippen molar-refractivity contribution in [3.63, 3.8) is 0 Å². The molecule has 0 spiro atoms. The summed E-state index contributed by atoms with van der Waals surface area (Å²) in [5.41, 5.74) is 2.60. The van der Waals surface area contributed by atoms with E-state index in [4.69, 9.17) is 4.74 Å². The van der Waals surface area contributed by atoms with Crippen molar-refractivity contribution < 1.29 is 23.1 Å². The monoisotopic (exact) mass is 494 g/mol. The van der Waals surface area contributed by atoms with Crippen molar-refractivity contribution >= 4 is 26.6 Å². The molecule has 186 valence electrons. The van der Waals surface area contributed by atoms with E-state index in [0.29, 0.717) is 23.7 Å². The van der Waals surface area contributed by atoms with Gasteiger partial charge in [-0.05, 0) is 70.5 Å². The average Bonchev–Trinajstić information content (AvgIpc) is 2.83. The Bertz CT molecular complexity index is 1350. The fourth-order valence-corrected chi connectivity index (χ4v) is 6.72. The zero-order valence-electron chi connectivity index (χ0n) is 20.8. The molecule has 0 saturated heterocycles. The van der Waals surface area contributed by atoms with E-state index in [1.54, 1.807) is 18.2 Å². The van der Waals surface area contributed by atoms with Gasteiger partial charge in [0.15, 0.2) is 9.84 Å². The highest BCUT2D eigenvalue weighted by Crippen LogP contribution is 2.44. The molecule has 0 saturated carbocycles. The van der Waals surface area contributed by atoms with E-state index in [9.17, 15) is 18.3 Å². The third kappa shape index (κ3) is 5.37. The predicted octanol–water partition coefficient (Wildman–Crippen LogP) is 7.01. The minimum atomic E-state index is -3.36. The predicted molar refractivity (Wildman–Crippen MR) is 140 cm³/mol. The Morgan fingerprint density at radius 3 is 2.43 bits per heavy atom. The van der Waals surface area contributed by atoms with E-state index in [1.165, 1.54) is 19.3 Å². The number of fused-ring (bicyclic) bond motifs is 2. The number of sulfone groups is 1.